The van der Waals surface area contributed by atoms with E-state index in [-0.39, 0.29) is 0 Å². The summed E-state index contributed by atoms with van der Waals surface area (Å²) in [5.41, 5.74) is 0.574. The second-order valence-electron chi connectivity index (χ2n) is 5.61. The van der Waals surface area contributed by atoms with Gasteiger partial charge in [-0.2, -0.15) is 5.26 Å². The van der Waals surface area contributed by atoms with E-state index < -0.39 is 23.8 Å². The second-order valence-corrected chi connectivity index (χ2v) is 5.61. The summed E-state index contributed by atoms with van der Waals surface area (Å²) in [6.45, 7) is 7.00. The van der Waals surface area contributed by atoms with Crippen molar-refractivity contribution in [3.05, 3.63) is 35.4 Å². The molecule has 0 unspecified atom stereocenters. The Bertz CT molecular complexity index is 497. The minimum absolute atomic E-state index is 0.502. The zero-order chi connectivity index (χ0) is 15.3. The number of carbonyl (C=O) groups is 1. The first-order chi connectivity index (χ1) is 9.23. The molecule has 0 aliphatic heterocycles. The van der Waals surface area contributed by atoms with Gasteiger partial charge in [-0.25, -0.2) is 4.79 Å². The maximum atomic E-state index is 11.6. The van der Waals surface area contributed by atoms with Crippen molar-refractivity contribution >= 4 is 6.09 Å². The summed E-state index contributed by atoms with van der Waals surface area (Å²) in [4.78, 5) is 11.6. The van der Waals surface area contributed by atoms with Gasteiger partial charge in [-0.05, 0) is 45.4 Å². The molecule has 0 fully saturated rings. The molecule has 1 rings (SSSR count). The maximum absolute atomic E-state index is 11.6. The zero-order valence-corrected chi connectivity index (χ0v) is 12.2. The van der Waals surface area contributed by atoms with Crippen LogP contribution in [0.25, 0.3) is 0 Å². The molecule has 0 aliphatic rings. The third-order valence-electron chi connectivity index (χ3n) is 2.60. The highest BCUT2D eigenvalue weighted by atomic mass is 16.6. The van der Waals surface area contributed by atoms with Gasteiger partial charge >= 0.3 is 6.09 Å². The van der Waals surface area contributed by atoms with Crippen LogP contribution >= 0.6 is 0 Å². The molecule has 5 nitrogen and oxygen atoms in total. The van der Waals surface area contributed by atoms with Gasteiger partial charge in [0.1, 0.15) is 5.60 Å². The number of nitrogens with one attached hydrogen (secondary N) is 1. The number of hydrogen-bond donors (Lipinski definition) is 2. The van der Waals surface area contributed by atoms with E-state index in [0.717, 1.165) is 0 Å². The van der Waals surface area contributed by atoms with Gasteiger partial charge in [-0.1, -0.05) is 12.1 Å². The van der Waals surface area contributed by atoms with Gasteiger partial charge in [0.2, 0.25) is 0 Å². The van der Waals surface area contributed by atoms with Gasteiger partial charge in [0.05, 0.1) is 23.8 Å². The molecule has 0 saturated heterocycles. The third kappa shape index (κ3) is 4.90. The lowest BCUT2D eigenvalue weighted by molar-refractivity contribution is 0.0436. The number of nitrogens with zero attached hydrogens (tertiary/aromatic N) is 1. The Kier molecular flexibility index (Phi) is 5.12. The van der Waals surface area contributed by atoms with Crippen molar-refractivity contribution in [1.29, 1.82) is 5.26 Å². The molecule has 1 amide bonds. The molecule has 0 aromatic heterocycles. The topological polar surface area (TPSA) is 82.3 Å². The fourth-order valence-electron chi connectivity index (χ4n) is 1.62. The highest BCUT2D eigenvalue weighted by Crippen LogP contribution is 2.18. The van der Waals surface area contributed by atoms with Gasteiger partial charge in [-0.3, -0.25) is 0 Å². The maximum Gasteiger partial charge on any atom is 0.407 e. The lowest BCUT2D eigenvalue weighted by atomic mass is 10.0. The Labute approximate surface area is 119 Å². The molecular weight excluding hydrogens is 256 g/mol. The minimum atomic E-state index is -0.865. The van der Waals surface area contributed by atoms with Crippen molar-refractivity contribution in [2.45, 2.75) is 45.4 Å². The molecule has 0 radical (unpaired) electrons. The fraction of sp³-hybridized carbons (Fsp3) is 0.467. The molecule has 2 N–H and O–H groups in total. The number of alkyl carbamates (subject to hydrolysis) is 1. The van der Waals surface area contributed by atoms with E-state index in [1.807, 2.05) is 6.07 Å². The standard InChI is InChI=1S/C15H20N2O3/c1-10(17-14(19)20-15(2,3)4)13(18)12-7-5-11(9-16)6-8-12/h5-8,10,13,18H,1-4H3,(H,17,19)/t10-,13+/m0/s1. The second kappa shape index (κ2) is 6.40. The number of aliphatic hydroxyl groups excluding tert-OH is 1. The molecule has 0 saturated carbocycles. The number of carbonyl (C=O) groups excluding carboxylic acids is 1. The fourth-order valence-corrected chi connectivity index (χ4v) is 1.62. The summed E-state index contributed by atoms with van der Waals surface area (Å²) in [6.07, 6.45) is -1.44. The summed E-state index contributed by atoms with van der Waals surface area (Å²) in [5, 5.41) is 21.5. The van der Waals surface area contributed by atoms with Crippen LogP contribution in [0, 0.1) is 11.3 Å². The number of amides is 1. The first-order valence-electron chi connectivity index (χ1n) is 6.40. The van der Waals surface area contributed by atoms with Crippen LogP contribution in [0.4, 0.5) is 4.79 Å². The Hall–Kier alpha value is -2.06. The van der Waals surface area contributed by atoms with Crippen LogP contribution in [-0.4, -0.2) is 22.8 Å². The van der Waals surface area contributed by atoms with Gasteiger partial charge in [0.25, 0.3) is 0 Å². The molecule has 0 bridgehead atoms. The van der Waals surface area contributed by atoms with E-state index in [1.54, 1.807) is 52.0 Å². The SMILES string of the molecule is C[C@H](NC(=O)OC(C)(C)C)[C@@H](O)c1ccc(C#N)cc1. The molecular formula is C15H20N2O3. The predicted octanol–water partition coefficient (Wildman–Crippen LogP) is 2.50. The van der Waals surface area contributed by atoms with Crippen molar-refractivity contribution in [1.82, 2.24) is 5.32 Å². The average molecular weight is 276 g/mol. The van der Waals surface area contributed by atoms with E-state index in [9.17, 15) is 9.90 Å². The molecule has 20 heavy (non-hydrogen) atoms. The molecule has 5 heteroatoms. The minimum Gasteiger partial charge on any atom is -0.444 e. The van der Waals surface area contributed by atoms with E-state index in [2.05, 4.69) is 5.32 Å². The van der Waals surface area contributed by atoms with E-state index in [4.69, 9.17) is 10.00 Å². The van der Waals surface area contributed by atoms with Gasteiger partial charge in [0.15, 0.2) is 0 Å². The van der Waals surface area contributed by atoms with Gasteiger partial charge in [0, 0.05) is 0 Å². The van der Waals surface area contributed by atoms with Crippen molar-refractivity contribution in [2.75, 3.05) is 0 Å². The smallest absolute Gasteiger partial charge is 0.407 e. The molecule has 0 heterocycles. The van der Waals surface area contributed by atoms with Crippen LogP contribution in [0.5, 0.6) is 0 Å². The Balaban J connectivity index is 2.64. The van der Waals surface area contributed by atoms with E-state index in [1.165, 1.54) is 0 Å². The normalized spacial score (nSPS) is 14.0. The van der Waals surface area contributed by atoms with Crippen LogP contribution < -0.4 is 5.32 Å². The van der Waals surface area contributed by atoms with Crippen LogP contribution in [0.1, 0.15) is 44.9 Å². The molecule has 1 aromatic rings. The highest BCUT2D eigenvalue weighted by molar-refractivity contribution is 5.68. The molecule has 108 valence electrons. The predicted molar refractivity (Wildman–Crippen MR) is 74.9 cm³/mol. The average Bonchev–Trinajstić information content (AvgIpc) is 2.35. The van der Waals surface area contributed by atoms with Crippen LogP contribution in [0.2, 0.25) is 0 Å². The van der Waals surface area contributed by atoms with Crippen molar-refractivity contribution in [3.8, 4) is 6.07 Å². The van der Waals surface area contributed by atoms with Crippen LogP contribution in [0.15, 0.2) is 24.3 Å². The monoisotopic (exact) mass is 276 g/mol. The Morgan fingerprint density at radius 2 is 1.90 bits per heavy atom. The third-order valence-corrected chi connectivity index (χ3v) is 2.60. The summed E-state index contributed by atoms with van der Waals surface area (Å²) in [6, 6.07) is 8.08. The molecule has 2 atom stereocenters. The van der Waals surface area contributed by atoms with Crippen LogP contribution in [0.3, 0.4) is 0 Å². The number of rotatable bonds is 3. The first kappa shape index (κ1) is 16.0. The van der Waals surface area contributed by atoms with Crippen molar-refractivity contribution in [3.63, 3.8) is 0 Å². The van der Waals surface area contributed by atoms with Gasteiger partial charge < -0.3 is 15.2 Å². The lowest BCUT2D eigenvalue weighted by Gasteiger charge is -2.24. The number of hydrogen-bond acceptors (Lipinski definition) is 4. The van der Waals surface area contributed by atoms with E-state index >= 15 is 0 Å². The Morgan fingerprint density at radius 1 is 1.35 bits per heavy atom. The lowest BCUT2D eigenvalue weighted by Crippen LogP contribution is -2.40. The summed E-state index contributed by atoms with van der Waals surface area (Å²) in [7, 11) is 0. The summed E-state index contributed by atoms with van der Waals surface area (Å²) >= 11 is 0. The zero-order valence-electron chi connectivity index (χ0n) is 12.2. The molecule has 0 aliphatic carbocycles. The van der Waals surface area contributed by atoms with E-state index in [0.29, 0.717) is 11.1 Å². The van der Waals surface area contributed by atoms with Gasteiger partial charge in [-0.15, -0.1) is 0 Å². The number of aliphatic hydroxyl groups is 1. The number of ether oxygens (including phenoxy) is 1. The Morgan fingerprint density at radius 3 is 2.35 bits per heavy atom. The van der Waals surface area contributed by atoms with Crippen molar-refractivity contribution in [2.24, 2.45) is 0 Å². The number of benzene rings is 1. The molecule has 1 aromatic carbocycles. The number of nitriles is 1. The quantitative estimate of drug-likeness (QED) is 0.888. The molecule has 0 spiro atoms. The van der Waals surface area contributed by atoms with Crippen molar-refractivity contribution < 1.29 is 14.6 Å². The van der Waals surface area contributed by atoms with Crippen LogP contribution in [-0.2, 0) is 4.74 Å². The summed E-state index contributed by atoms with van der Waals surface area (Å²) in [5.74, 6) is 0. The highest BCUT2D eigenvalue weighted by Gasteiger charge is 2.22. The first-order valence-corrected chi connectivity index (χ1v) is 6.40. The summed E-state index contributed by atoms with van der Waals surface area (Å²) < 4.78 is 5.13. The largest absolute Gasteiger partial charge is 0.444 e.